The fourth-order valence-corrected chi connectivity index (χ4v) is 1.79. The van der Waals surface area contributed by atoms with Gasteiger partial charge in [0.25, 0.3) is 0 Å². The number of ether oxygens (including phenoxy) is 1. The molecule has 1 aliphatic rings. The number of hydrogen-bond acceptors (Lipinski definition) is 4. The zero-order valence-corrected chi connectivity index (χ0v) is 10.7. The van der Waals surface area contributed by atoms with Gasteiger partial charge in [-0.1, -0.05) is 24.2 Å². The number of oxime groups is 1. The average molecular weight is 263 g/mol. The monoisotopic (exact) mass is 263 g/mol. The highest BCUT2D eigenvalue weighted by Gasteiger charge is 2.39. The lowest BCUT2D eigenvalue weighted by Gasteiger charge is -2.11. The molecule has 2 unspecified atom stereocenters. The van der Waals surface area contributed by atoms with Crippen molar-refractivity contribution in [3.05, 3.63) is 24.3 Å². The Kier molecular flexibility index (Phi) is 3.89. The zero-order valence-electron chi connectivity index (χ0n) is 10.7. The lowest BCUT2D eigenvalue weighted by molar-refractivity contribution is -0.117. The van der Waals surface area contributed by atoms with E-state index in [1.807, 2.05) is 13.0 Å². The quantitative estimate of drug-likeness (QED) is 0.324. The number of rotatable bonds is 5. The molecular formula is C13H17N3O3. The summed E-state index contributed by atoms with van der Waals surface area (Å²) in [7, 11) is 0. The Labute approximate surface area is 111 Å². The van der Waals surface area contributed by atoms with E-state index in [9.17, 15) is 4.79 Å². The Morgan fingerprint density at radius 1 is 1.58 bits per heavy atom. The Morgan fingerprint density at radius 3 is 2.89 bits per heavy atom. The molecule has 0 saturated heterocycles. The first-order valence-corrected chi connectivity index (χ1v) is 6.11. The molecule has 1 saturated carbocycles. The minimum absolute atomic E-state index is 0.00680. The summed E-state index contributed by atoms with van der Waals surface area (Å²) < 4.78 is 5.39. The third-order valence-corrected chi connectivity index (χ3v) is 3.10. The van der Waals surface area contributed by atoms with Crippen molar-refractivity contribution in [1.82, 2.24) is 0 Å². The van der Waals surface area contributed by atoms with Crippen molar-refractivity contribution in [2.24, 2.45) is 22.7 Å². The molecule has 1 aromatic rings. The second kappa shape index (κ2) is 5.60. The van der Waals surface area contributed by atoms with Gasteiger partial charge in [0.1, 0.15) is 12.4 Å². The highest BCUT2D eigenvalue weighted by atomic mass is 16.5. The molecule has 1 fully saturated rings. The van der Waals surface area contributed by atoms with E-state index < -0.39 is 0 Å². The van der Waals surface area contributed by atoms with Gasteiger partial charge in [-0.15, -0.1) is 0 Å². The van der Waals surface area contributed by atoms with Gasteiger partial charge in [-0.2, -0.15) is 0 Å². The fourth-order valence-electron chi connectivity index (χ4n) is 1.79. The molecular weight excluding hydrogens is 246 g/mol. The number of nitrogens with two attached hydrogens (primary N) is 1. The molecule has 6 heteroatoms. The van der Waals surface area contributed by atoms with Crippen LogP contribution in [0.1, 0.15) is 13.3 Å². The molecule has 4 N–H and O–H groups in total. The van der Waals surface area contributed by atoms with Crippen molar-refractivity contribution >= 4 is 17.4 Å². The third-order valence-electron chi connectivity index (χ3n) is 3.10. The number of amidine groups is 1. The largest absolute Gasteiger partial charge is 0.483 e. The maximum atomic E-state index is 11.9. The normalized spacial score (nSPS) is 21.8. The van der Waals surface area contributed by atoms with Gasteiger partial charge in [0, 0.05) is 5.92 Å². The molecule has 19 heavy (non-hydrogen) atoms. The Balaban J connectivity index is 2.01. The summed E-state index contributed by atoms with van der Waals surface area (Å²) in [5.41, 5.74) is 5.93. The standard InChI is InChI=1S/C13H17N3O3/c1-8-6-9(8)13(17)15-10-4-2-3-5-11(10)19-7-12(14)16-18/h2-5,8-9,18H,6-7H2,1H3,(H2,14,16)(H,15,17). The van der Waals surface area contributed by atoms with Gasteiger partial charge in [-0.3, -0.25) is 4.79 Å². The number of carbonyl (C=O) groups is 1. The molecule has 6 nitrogen and oxygen atoms in total. The van der Waals surface area contributed by atoms with Gasteiger partial charge in [0.2, 0.25) is 5.91 Å². The van der Waals surface area contributed by atoms with Gasteiger partial charge in [-0.05, 0) is 24.5 Å². The number of carbonyl (C=O) groups excluding carboxylic acids is 1. The van der Waals surface area contributed by atoms with E-state index in [0.717, 1.165) is 6.42 Å². The van der Waals surface area contributed by atoms with E-state index in [1.165, 1.54) is 0 Å². The second-order valence-electron chi connectivity index (χ2n) is 4.68. The predicted octanol–water partition coefficient (Wildman–Crippen LogP) is 1.41. The van der Waals surface area contributed by atoms with Crippen LogP contribution in [0.4, 0.5) is 5.69 Å². The van der Waals surface area contributed by atoms with Crippen LogP contribution in [0.15, 0.2) is 29.4 Å². The van der Waals surface area contributed by atoms with Crippen LogP contribution in [0.3, 0.4) is 0 Å². The fraction of sp³-hybridized carbons (Fsp3) is 0.385. The zero-order chi connectivity index (χ0) is 13.8. The maximum Gasteiger partial charge on any atom is 0.227 e. The second-order valence-corrected chi connectivity index (χ2v) is 4.68. The lowest BCUT2D eigenvalue weighted by Crippen LogP contribution is -2.22. The molecule has 0 heterocycles. The van der Waals surface area contributed by atoms with Gasteiger partial charge in [0.15, 0.2) is 5.84 Å². The summed E-state index contributed by atoms with van der Waals surface area (Å²) in [6.07, 6.45) is 0.930. The summed E-state index contributed by atoms with van der Waals surface area (Å²) >= 11 is 0. The van der Waals surface area contributed by atoms with Gasteiger partial charge in [-0.25, -0.2) is 0 Å². The van der Waals surface area contributed by atoms with Crippen molar-refractivity contribution in [2.45, 2.75) is 13.3 Å². The molecule has 0 spiro atoms. The number of nitrogens with one attached hydrogen (secondary N) is 1. The van der Waals surface area contributed by atoms with Crippen LogP contribution in [-0.4, -0.2) is 23.6 Å². The van der Waals surface area contributed by atoms with Crippen molar-refractivity contribution < 1.29 is 14.7 Å². The van der Waals surface area contributed by atoms with Crippen LogP contribution in [0, 0.1) is 11.8 Å². The number of para-hydroxylation sites is 2. The number of anilines is 1. The molecule has 2 atom stereocenters. The van der Waals surface area contributed by atoms with Gasteiger partial charge in [0.05, 0.1) is 5.69 Å². The van der Waals surface area contributed by atoms with E-state index in [1.54, 1.807) is 18.2 Å². The van der Waals surface area contributed by atoms with Crippen molar-refractivity contribution in [2.75, 3.05) is 11.9 Å². The molecule has 0 aromatic heterocycles. The Hall–Kier alpha value is -2.24. The van der Waals surface area contributed by atoms with Crippen LogP contribution in [0.25, 0.3) is 0 Å². The van der Waals surface area contributed by atoms with Gasteiger partial charge < -0.3 is 21.0 Å². The SMILES string of the molecule is CC1CC1C(=O)Nc1ccccc1OC/C(N)=N/O. The highest BCUT2D eigenvalue weighted by molar-refractivity contribution is 5.95. The van der Waals surface area contributed by atoms with Crippen molar-refractivity contribution in [3.8, 4) is 5.75 Å². The first-order chi connectivity index (χ1) is 9.11. The molecule has 1 aliphatic carbocycles. The number of hydrogen-bond donors (Lipinski definition) is 3. The van der Waals surface area contributed by atoms with Crippen LogP contribution >= 0.6 is 0 Å². The van der Waals surface area contributed by atoms with E-state index in [4.69, 9.17) is 15.7 Å². The topological polar surface area (TPSA) is 96.9 Å². The van der Waals surface area contributed by atoms with Crippen molar-refractivity contribution in [3.63, 3.8) is 0 Å². The smallest absolute Gasteiger partial charge is 0.227 e. The molecule has 0 radical (unpaired) electrons. The summed E-state index contributed by atoms with van der Waals surface area (Å²) in [6, 6.07) is 7.07. The number of nitrogens with zero attached hydrogens (tertiary/aromatic N) is 1. The summed E-state index contributed by atoms with van der Waals surface area (Å²) in [4.78, 5) is 11.9. The lowest BCUT2D eigenvalue weighted by atomic mass is 10.2. The Morgan fingerprint density at radius 2 is 2.26 bits per heavy atom. The van der Waals surface area contributed by atoms with Gasteiger partial charge >= 0.3 is 0 Å². The molecule has 0 aliphatic heterocycles. The minimum atomic E-state index is -0.0385. The third kappa shape index (κ3) is 3.37. The summed E-state index contributed by atoms with van der Waals surface area (Å²) in [5, 5.41) is 14.1. The number of amides is 1. The molecule has 1 aromatic carbocycles. The Bertz CT molecular complexity index is 502. The summed E-state index contributed by atoms with van der Waals surface area (Å²) in [6.45, 7) is 2.01. The highest BCUT2D eigenvalue weighted by Crippen LogP contribution is 2.39. The molecule has 2 rings (SSSR count). The maximum absolute atomic E-state index is 11.9. The average Bonchev–Trinajstić information content (AvgIpc) is 3.14. The minimum Gasteiger partial charge on any atom is -0.483 e. The van der Waals surface area contributed by atoms with Crippen LogP contribution in [0.2, 0.25) is 0 Å². The van der Waals surface area contributed by atoms with E-state index in [-0.39, 0.29) is 24.3 Å². The molecule has 102 valence electrons. The first-order valence-electron chi connectivity index (χ1n) is 6.11. The van der Waals surface area contributed by atoms with Crippen LogP contribution < -0.4 is 15.8 Å². The summed E-state index contributed by atoms with van der Waals surface area (Å²) in [5.74, 6) is 1.02. The molecule has 1 amide bonds. The predicted molar refractivity (Wildman–Crippen MR) is 71.2 cm³/mol. The van der Waals surface area contributed by atoms with Crippen molar-refractivity contribution in [1.29, 1.82) is 0 Å². The van der Waals surface area contributed by atoms with E-state index >= 15 is 0 Å². The number of benzene rings is 1. The first kappa shape index (κ1) is 13.2. The van der Waals surface area contributed by atoms with Crippen LogP contribution in [-0.2, 0) is 4.79 Å². The van der Waals surface area contributed by atoms with E-state index in [0.29, 0.717) is 17.4 Å². The van der Waals surface area contributed by atoms with Crippen LogP contribution in [0.5, 0.6) is 5.75 Å². The van der Waals surface area contributed by atoms with E-state index in [2.05, 4.69) is 10.5 Å². The molecule has 0 bridgehead atoms.